The molecule has 0 fully saturated rings. The second-order valence-corrected chi connectivity index (χ2v) is 8.80. The fraction of sp³-hybridized carbons (Fsp3) is 0.0385. The molecule has 1 aliphatic rings. The van der Waals surface area contributed by atoms with Crippen LogP contribution in [0.1, 0.15) is 26.4 Å². The Morgan fingerprint density at radius 2 is 1.85 bits per heavy atom. The van der Waals surface area contributed by atoms with Crippen molar-refractivity contribution < 1.29 is 19.1 Å². The number of carbonyl (C=O) groups is 2. The molecule has 1 aliphatic heterocycles. The smallest absolute Gasteiger partial charge is 0.363 e. The van der Waals surface area contributed by atoms with Gasteiger partial charge < -0.3 is 9.47 Å². The molecule has 7 heteroatoms. The van der Waals surface area contributed by atoms with Crippen LogP contribution in [0.3, 0.4) is 0 Å². The molecule has 0 aliphatic carbocycles. The van der Waals surface area contributed by atoms with Crippen LogP contribution in [0, 0.1) is 6.92 Å². The number of para-hydroxylation sites is 1. The quantitative estimate of drug-likeness (QED) is 0.195. The van der Waals surface area contributed by atoms with Crippen LogP contribution in [0.25, 0.3) is 16.2 Å². The first kappa shape index (κ1) is 21.1. The van der Waals surface area contributed by atoms with E-state index >= 15 is 0 Å². The summed E-state index contributed by atoms with van der Waals surface area (Å²) in [6, 6.07) is 21.7. The fourth-order valence-electron chi connectivity index (χ4n) is 3.43. The van der Waals surface area contributed by atoms with Gasteiger partial charge in [0.2, 0.25) is 5.90 Å². The molecular formula is C26H16ClNO4S. The number of ether oxygens (including phenoxy) is 2. The van der Waals surface area contributed by atoms with E-state index in [9.17, 15) is 9.59 Å². The van der Waals surface area contributed by atoms with E-state index in [1.54, 1.807) is 42.5 Å². The SMILES string of the molecule is Cc1cccc(C(=O)Oc2ccccc2/C=C2/N=C(c3sc4ccccc4c3Cl)OC2=O)c1. The van der Waals surface area contributed by atoms with Crippen LogP contribution < -0.4 is 4.74 Å². The molecular weight excluding hydrogens is 458 g/mol. The van der Waals surface area contributed by atoms with Gasteiger partial charge >= 0.3 is 11.9 Å². The number of nitrogens with zero attached hydrogens (tertiary/aromatic N) is 1. The fourth-order valence-corrected chi connectivity index (χ4v) is 4.87. The number of rotatable bonds is 4. The zero-order valence-corrected chi connectivity index (χ0v) is 18.9. The van der Waals surface area contributed by atoms with E-state index in [1.165, 1.54) is 17.4 Å². The van der Waals surface area contributed by atoms with Crippen LogP contribution in [-0.2, 0) is 9.53 Å². The molecule has 3 aromatic carbocycles. The average Bonchev–Trinajstić information content (AvgIpc) is 3.34. The first-order valence-electron chi connectivity index (χ1n) is 10.1. The zero-order valence-electron chi connectivity index (χ0n) is 17.4. The highest BCUT2D eigenvalue weighted by Gasteiger charge is 2.28. The van der Waals surface area contributed by atoms with Crippen LogP contribution >= 0.6 is 22.9 Å². The number of aliphatic imine (C=N–C) groups is 1. The van der Waals surface area contributed by atoms with Crippen molar-refractivity contribution in [3.63, 3.8) is 0 Å². The Morgan fingerprint density at radius 1 is 1.06 bits per heavy atom. The lowest BCUT2D eigenvalue weighted by atomic mass is 10.1. The maximum Gasteiger partial charge on any atom is 0.363 e. The predicted molar refractivity (Wildman–Crippen MR) is 130 cm³/mol. The van der Waals surface area contributed by atoms with E-state index in [-0.39, 0.29) is 11.6 Å². The summed E-state index contributed by atoms with van der Waals surface area (Å²) in [6.45, 7) is 1.90. The van der Waals surface area contributed by atoms with Crippen molar-refractivity contribution in [2.24, 2.45) is 4.99 Å². The summed E-state index contributed by atoms with van der Waals surface area (Å²) in [5.41, 5.74) is 2.02. The Hall–Kier alpha value is -3.74. The van der Waals surface area contributed by atoms with E-state index in [2.05, 4.69) is 4.99 Å². The Morgan fingerprint density at radius 3 is 2.67 bits per heavy atom. The van der Waals surface area contributed by atoms with Crippen molar-refractivity contribution in [2.45, 2.75) is 6.92 Å². The first-order valence-corrected chi connectivity index (χ1v) is 11.3. The number of aryl methyl sites for hydroxylation is 1. The molecule has 0 amide bonds. The summed E-state index contributed by atoms with van der Waals surface area (Å²) < 4.78 is 12.0. The molecule has 0 radical (unpaired) electrons. The summed E-state index contributed by atoms with van der Waals surface area (Å²) in [6.07, 6.45) is 1.54. The summed E-state index contributed by atoms with van der Waals surface area (Å²) in [5, 5.41) is 1.37. The molecule has 0 saturated carbocycles. The molecule has 33 heavy (non-hydrogen) atoms. The number of hydrogen-bond donors (Lipinski definition) is 0. The monoisotopic (exact) mass is 473 g/mol. The molecule has 0 atom stereocenters. The largest absolute Gasteiger partial charge is 0.422 e. The number of esters is 2. The minimum atomic E-state index is -0.599. The number of halogens is 1. The molecule has 162 valence electrons. The second kappa shape index (κ2) is 8.65. The third kappa shape index (κ3) is 4.18. The molecule has 5 nitrogen and oxygen atoms in total. The van der Waals surface area contributed by atoms with E-state index in [1.807, 2.05) is 37.3 Å². The normalized spacial score (nSPS) is 14.4. The molecule has 5 rings (SSSR count). The van der Waals surface area contributed by atoms with Gasteiger partial charge in [-0.05, 0) is 37.3 Å². The van der Waals surface area contributed by atoms with Gasteiger partial charge in [0, 0.05) is 15.6 Å². The van der Waals surface area contributed by atoms with E-state index in [0.717, 1.165) is 15.6 Å². The molecule has 0 bridgehead atoms. The highest BCUT2D eigenvalue weighted by atomic mass is 35.5. The van der Waals surface area contributed by atoms with Crippen LogP contribution in [0.5, 0.6) is 5.75 Å². The standard InChI is InChI=1S/C26H16ClNO4S/c1-15-7-6-9-17(13-15)25(29)31-20-11-4-2-8-16(20)14-19-26(30)32-24(28-19)23-22(27)18-10-3-5-12-21(18)33-23/h2-14H,1H3/b19-14+. The summed E-state index contributed by atoms with van der Waals surface area (Å²) in [7, 11) is 0. The van der Waals surface area contributed by atoms with Crippen molar-refractivity contribution in [3.8, 4) is 5.75 Å². The third-order valence-electron chi connectivity index (χ3n) is 5.02. The molecule has 0 spiro atoms. The maximum atomic E-state index is 12.6. The van der Waals surface area contributed by atoms with Crippen molar-refractivity contribution in [2.75, 3.05) is 0 Å². The van der Waals surface area contributed by atoms with Crippen LogP contribution in [0.4, 0.5) is 0 Å². The Balaban J connectivity index is 1.47. The average molecular weight is 474 g/mol. The Bertz CT molecular complexity index is 1480. The molecule has 0 saturated heterocycles. The number of cyclic esters (lactones) is 1. The van der Waals surface area contributed by atoms with Gasteiger partial charge in [0.05, 0.1) is 10.6 Å². The van der Waals surface area contributed by atoms with E-state index in [4.69, 9.17) is 21.1 Å². The third-order valence-corrected chi connectivity index (χ3v) is 6.68. The van der Waals surface area contributed by atoms with E-state index in [0.29, 0.717) is 26.8 Å². The van der Waals surface area contributed by atoms with Crippen LogP contribution in [-0.4, -0.2) is 17.8 Å². The molecule has 0 N–H and O–H groups in total. The molecule has 1 aromatic heterocycles. The van der Waals surface area contributed by atoms with Crippen molar-refractivity contribution in [1.29, 1.82) is 0 Å². The number of hydrogen-bond acceptors (Lipinski definition) is 6. The summed E-state index contributed by atoms with van der Waals surface area (Å²) in [4.78, 5) is 30.1. The molecule has 4 aromatic rings. The van der Waals surface area contributed by atoms with Gasteiger partial charge in [-0.2, -0.15) is 0 Å². The van der Waals surface area contributed by atoms with Gasteiger partial charge in [-0.1, -0.05) is 65.7 Å². The van der Waals surface area contributed by atoms with Crippen molar-refractivity contribution in [3.05, 3.63) is 105 Å². The minimum absolute atomic E-state index is 0.0950. The highest BCUT2D eigenvalue weighted by molar-refractivity contribution is 7.21. The van der Waals surface area contributed by atoms with Gasteiger partial charge in [0.1, 0.15) is 10.6 Å². The number of benzene rings is 3. The van der Waals surface area contributed by atoms with Crippen molar-refractivity contribution in [1.82, 2.24) is 0 Å². The Kier molecular flexibility index (Phi) is 5.54. The zero-order chi connectivity index (χ0) is 22.9. The highest BCUT2D eigenvalue weighted by Crippen LogP contribution is 2.37. The van der Waals surface area contributed by atoms with Crippen molar-refractivity contribution >= 4 is 56.9 Å². The van der Waals surface area contributed by atoms with Crippen LogP contribution in [0.15, 0.2) is 83.5 Å². The van der Waals surface area contributed by atoms with Gasteiger partial charge in [-0.25, -0.2) is 14.6 Å². The number of carbonyl (C=O) groups excluding carboxylic acids is 2. The lowest BCUT2D eigenvalue weighted by Gasteiger charge is -2.08. The summed E-state index contributed by atoms with van der Waals surface area (Å²) in [5.74, 6) is -0.613. The van der Waals surface area contributed by atoms with Crippen LogP contribution in [0.2, 0.25) is 5.02 Å². The second-order valence-electron chi connectivity index (χ2n) is 7.37. The Labute approximate surface area is 198 Å². The molecule has 0 unspecified atom stereocenters. The van der Waals surface area contributed by atoms with Gasteiger partial charge in [-0.15, -0.1) is 11.3 Å². The summed E-state index contributed by atoms with van der Waals surface area (Å²) >= 11 is 7.91. The number of fused-ring (bicyclic) bond motifs is 1. The topological polar surface area (TPSA) is 65.0 Å². The van der Waals surface area contributed by atoms with Gasteiger partial charge in [0.15, 0.2) is 5.70 Å². The lowest BCUT2D eigenvalue weighted by Crippen LogP contribution is -2.09. The predicted octanol–water partition coefficient (Wildman–Crippen LogP) is 6.43. The first-order chi connectivity index (χ1) is 16.0. The van der Waals surface area contributed by atoms with Gasteiger partial charge in [-0.3, -0.25) is 0 Å². The maximum absolute atomic E-state index is 12.6. The van der Waals surface area contributed by atoms with E-state index < -0.39 is 11.9 Å². The molecule has 2 heterocycles. The number of thiophene rings is 1. The van der Waals surface area contributed by atoms with Gasteiger partial charge in [0.25, 0.3) is 0 Å². The lowest BCUT2D eigenvalue weighted by molar-refractivity contribution is -0.129. The minimum Gasteiger partial charge on any atom is -0.422 e.